The topological polar surface area (TPSA) is 42.0 Å². The van der Waals surface area contributed by atoms with E-state index in [0.29, 0.717) is 12.2 Å². The minimum atomic E-state index is 0.551. The van der Waals surface area contributed by atoms with Gasteiger partial charge in [0, 0.05) is 10.0 Å². The van der Waals surface area contributed by atoms with Crippen LogP contribution in [0.15, 0.2) is 46.9 Å². The maximum absolute atomic E-state index is 10.3. The van der Waals surface area contributed by atoms with Crippen LogP contribution in [-0.2, 0) is 4.79 Å². The zero-order valence-corrected chi connectivity index (χ0v) is 9.94. The number of hydrogen-bond acceptors (Lipinski definition) is 2. The first-order valence-electron chi connectivity index (χ1n) is 4.73. The Bertz CT molecular complexity index is 497. The number of pyridine rings is 1. The van der Waals surface area contributed by atoms with Crippen molar-refractivity contribution in [3.63, 3.8) is 0 Å². The van der Waals surface area contributed by atoms with Gasteiger partial charge in [-0.1, -0.05) is 34.1 Å². The van der Waals surface area contributed by atoms with E-state index in [2.05, 4.69) is 26.2 Å². The van der Waals surface area contributed by atoms with Gasteiger partial charge in [-0.25, -0.2) is 4.98 Å². The molecule has 80 valence electrons. The zero-order chi connectivity index (χ0) is 11.4. The summed E-state index contributed by atoms with van der Waals surface area (Å²) < 4.78 is 1.03. The molecule has 2 aromatic rings. The van der Waals surface area contributed by atoms with Gasteiger partial charge >= 0.3 is 0 Å². The summed E-state index contributed by atoms with van der Waals surface area (Å²) in [4.78, 5) is 14.6. The van der Waals surface area contributed by atoms with E-state index < -0.39 is 0 Å². The number of aromatic nitrogens is 1. The smallest absolute Gasteiger partial charge is 0.212 e. The SMILES string of the molecule is O=CNc1cccc(-c2ccc(Br)cc2)n1. The Kier molecular flexibility index (Phi) is 3.31. The highest BCUT2D eigenvalue weighted by Gasteiger charge is 2.00. The third-order valence-corrected chi connectivity index (χ3v) is 2.62. The largest absolute Gasteiger partial charge is 0.313 e. The van der Waals surface area contributed by atoms with Crippen LogP contribution < -0.4 is 5.32 Å². The van der Waals surface area contributed by atoms with Gasteiger partial charge in [-0.05, 0) is 24.3 Å². The van der Waals surface area contributed by atoms with Crippen LogP contribution >= 0.6 is 15.9 Å². The van der Waals surface area contributed by atoms with Crippen molar-refractivity contribution in [2.45, 2.75) is 0 Å². The Morgan fingerprint density at radius 3 is 2.56 bits per heavy atom. The monoisotopic (exact) mass is 276 g/mol. The predicted molar refractivity (Wildman–Crippen MR) is 67.1 cm³/mol. The standard InChI is InChI=1S/C12H9BrN2O/c13-10-6-4-9(5-7-10)11-2-1-3-12(15-11)14-8-16/h1-8H,(H,14,15,16). The van der Waals surface area contributed by atoms with Crippen LogP contribution in [0.2, 0.25) is 0 Å². The number of amides is 1. The lowest BCUT2D eigenvalue weighted by atomic mass is 10.1. The van der Waals surface area contributed by atoms with Crippen molar-refractivity contribution in [1.29, 1.82) is 0 Å². The second-order valence-electron chi connectivity index (χ2n) is 3.18. The third kappa shape index (κ3) is 2.46. The fraction of sp³-hybridized carbons (Fsp3) is 0. The number of hydrogen-bond donors (Lipinski definition) is 1. The Labute approximate surface area is 102 Å². The summed E-state index contributed by atoms with van der Waals surface area (Å²) in [5, 5.41) is 2.53. The molecule has 0 atom stereocenters. The molecule has 0 unspecified atom stereocenters. The van der Waals surface area contributed by atoms with Crippen molar-refractivity contribution < 1.29 is 4.79 Å². The Morgan fingerprint density at radius 2 is 1.88 bits per heavy atom. The average Bonchev–Trinajstić information content (AvgIpc) is 2.31. The number of anilines is 1. The van der Waals surface area contributed by atoms with Gasteiger partial charge in [-0.15, -0.1) is 0 Å². The van der Waals surface area contributed by atoms with E-state index in [1.807, 2.05) is 36.4 Å². The van der Waals surface area contributed by atoms with Crippen molar-refractivity contribution in [3.05, 3.63) is 46.9 Å². The quantitative estimate of drug-likeness (QED) is 0.876. The first-order chi connectivity index (χ1) is 7.79. The van der Waals surface area contributed by atoms with Gasteiger partial charge in [0.1, 0.15) is 5.82 Å². The summed E-state index contributed by atoms with van der Waals surface area (Å²) in [6.45, 7) is 0. The normalized spacial score (nSPS) is 9.81. The summed E-state index contributed by atoms with van der Waals surface area (Å²) in [7, 11) is 0. The number of halogens is 1. The molecule has 3 nitrogen and oxygen atoms in total. The molecule has 0 saturated carbocycles. The van der Waals surface area contributed by atoms with Crippen molar-refractivity contribution >= 4 is 28.2 Å². The fourth-order valence-corrected chi connectivity index (χ4v) is 1.62. The lowest BCUT2D eigenvalue weighted by Crippen LogP contribution is -1.97. The maximum Gasteiger partial charge on any atom is 0.212 e. The Morgan fingerprint density at radius 1 is 1.12 bits per heavy atom. The van der Waals surface area contributed by atoms with Gasteiger partial charge in [0.15, 0.2) is 0 Å². The summed E-state index contributed by atoms with van der Waals surface area (Å²) in [6.07, 6.45) is 0.619. The first-order valence-corrected chi connectivity index (χ1v) is 5.52. The van der Waals surface area contributed by atoms with Gasteiger partial charge in [0.2, 0.25) is 6.41 Å². The molecule has 16 heavy (non-hydrogen) atoms. The van der Waals surface area contributed by atoms with E-state index >= 15 is 0 Å². The number of nitrogens with one attached hydrogen (secondary N) is 1. The number of rotatable bonds is 3. The van der Waals surface area contributed by atoms with Crippen molar-refractivity contribution in [2.75, 3.05) is 5.32 Å². The van der Waals surface area contributed by atoms with Crippen molar-refractivity contribution in [3.8, 4) is 11.3 Å². The molecule has 1 heterocycles. The van der Waals surface area contributed by atoms with Gasteiger partial charge in [0.25, 0.3) is 0 Å². The highest BCUT2D eigenvalue weighted by atomic mass is 79.9. The molecule has 0 aliphatic heterocycles. The summed E-state index contributed by atoms with van der Waals surface area (Å²) in [5.41, 5.74) is 1.84. The Balaban J connectivity index is 2.36. The van der Waals surface area contributed by atoms with Gasteiger partial charge in [-0.2, -0.15) is 0 Å². The van der Waals surface area contributed by atoms with E-state index in [0.717, 1.165) is 15.7 Å². The fourth-order valence-electron chi connectivity index (χ4n) is 1.36. The van der Waals surface area contributed by atoms with Crippen LogP contribution in [0.4, 0.5) is 5.82 Å². The molecule has 2 rings (SSSR count). The molecule has 1 aromatic carbocycles. The molecule has 1 aromatic heterocycles. The van der Waals surface area contributed by atoms with Gasteiger partial charge < -0.3 is 5.32 Å². The molecule has 0 aliphatic rings. The van der Waals surface area contributed by atoms with Gasteiger partial charge in [-0.3, -0.25) is 4.79 Å². The van der Waals surface area contributed by atoms with Crippen LogP contribution in [0.25, 0.3) is 11.3 Å². The molecule has 0 fully saturated rings. The second kappa shape index (κ2) is 4.90. The van der Waals surface area contributed by atoms with E-state index in [9.17, 15) is 4.79 Å². The number of benzene rings is 1. The van der Waals surface area contributed by atoms with E-state index in [1.54, 1.807) is 6.07 Å². The van der Waals surface area contributed by atoms with Crippen LogP contribution in [0.5, 0.6) is 0 Å². The minimum absolute atomic E-state index is 0.551. The lowest BCUT2D eigenvalue weighted by Gasteiger charge is -2.03. The average molecular weight is 277 g/mol. The molecule has 0 spiro atoms. The van der Waals surface area contributed by atoms with Crippen molar-refractivity contribution in [1.82, 2.24) is 4.98 Å². The molecule has 1 N–H and O–H groups in total. The zero-order valence-electron chi connectivity index (χ0n) is 8.35. The number of carbonyl (C=O) groups excluding carboxylic acids is 1. The Hall–Kier alpha value is -1.68. The van der Waals surface area contributed by atoms with E-state index in [4.69, 9.17) is 0 Å². The van der Waals surface area contributed by atoms with Crippen LogP contribution in [0, 0.1) is 0 Å². The molecule has 1 amide bonds. The maximum atomic E-state index is 10.3. The summed E-state index contributed by atoms with van der Waals surface area (Å²) in [6, 6.07) is 13.4. The molecule has 0 aliphatic carbocycles. The summed E-state index contributed by atoms with van der Waals surface area (Å²) in [5.74, 6) is 0.551. The molecule has 0 bridgehead atoms. The van der Waals surface area contributed by atoms with Crippen LogP contribution in [0.1, 0.15) is 0 Å². The third-order valence-electron chi connectivity index (χ3n) is 2.10. The van der Waals surface area contributed by atoms with Crippen LogP contribution in [-0.4, -0.2) is 11.4 Å². The highest BCUT2D eigenvalue weighted by Crippen LogP contribution is 2.20. The predicted octanol–water partition coefficient (Wildman–Crippen LogP) is 3.08. The molecular formula is C12H9BrN2O. The second-order valence-corrected chi connectivity index (χ2v) is 4.09. The number of carbonyl (C=O) groups is 1. The molecule has 0 saturated heterocycles. The number of nitrogens with zero attached hydrogens (tertiary/aromatic N) is 1. The van der Waals surface area contributed by atoms with Crippen LogP contribution in [0.3, 0.4) is 0 Å². The van der Waals surface area contributed by atoms with Crippen molar-refractivity contribution in [2.24, 2.45) is 0 Å². The molecule has 4 heteroatoms. The lowest BCUT2D eigenvalue weighted by molar-refractivity contribution is -0.105. The van der Waals surface area contributed by atoms with E-state index in [-0.39, 0.29) is 0 Å². The highest BCUT2D eigenvalue weighted by molar-refractivity contribution is 9.10. The van der Waals surface area contributed by atoms with Gasteiger partial charge in [0.05, 0.1) is 5.69 Å². The first kappa shape index (κ1) is 10.8. The summed E-state index contributed by atoms with van der Waals surface area (Å²) >= 11 is 3.38. The minimum Gasteiger partial charge on any atom is -0.313 e. The molecular weight excluding hydrogens is 268 g/mol. The van der Waals surface area contributed by atoms with E-state index in [1.165, 1.54) is 0 Å². The molecule has 0 radical (unpaired) electrons.